The molecule has 0 aromatic carbocycles. The highest BCUT2D eigenvalue weighted by atomic mass is 16.5. The molecule has 2 heteroatoms. The summed E-state index contributed by atoms with van der Waals surface area (Å²) in [6.07, 6.45) is 14.2. The second-order valence-corrected chi connectivity index (χ2v) is 5.69. The molecule has 0 amide bonds. The maximum Gasteiger partial charge on any atom is 0.305 e. The molecule has 0 saturated heterocycles. The highest BCUT2D eigenvalue weighted by molar-refractivity contribution is 5.69. The van der Waals surface area contributed by atoms with E-state index in [1.165, 1.54) is 38.5 Å². The number of rotatable bonds is 14. The molecule has 0 rings (SSSR count). The maximum atomic E-state index is 11.6. The summed E-state index contributed by atoms with van der Waals surface area (Å²) in [6, 6.07) is 0. The van der Waals surface area contributed by atoms with Crippen LogP contribution in [0.3, 0.4) is 0 Å². The van der Waals surface area contributed by atoms with Gasteiger partial charge >= 0.3 is 5.97 Å². The fraction of sp³-hybridized carbons (Fsp3) is 0.833. The lowest BCUT2D eigenvalue weighted by atomic mass is 10.0. The van der Waals surface area contributed by atoms with Crippen LogP contribution in [0.2, 0.25) is 0 Å². The number of esters is 1. The van der Waals surface area contributed by atoms with Crippen molar-refractivity contribution < 1.29 is 9.53 Å². The number of allylic oxidation sites excluding steroid dienone is 1. The van der Waals surface area contributed by atoms with Crippen LogP contribution in [0.4, 0.5) is 0 Å². The number of ether oxygens (including phenoxy) is 1. The van der Waals surface area contributed by atoms with Crippen LogP contribution in [-0.2, 0) is 9.53 Å². The van der Waals surface area contributed by atoms with Gasteiger partial charge in [-0.15, -0.1) is 6.58 Å². The fourth-order valence-corrected chi connectivity index (χ4v) is 2.27. The summed E-state index contributed by atoms with van der Waals surface area (Å²) in [6.45, 7) is 8.72. The summed E-state index contributed by atoms with van der Waals surface area (Å²) >= 11 is 0. The third kappa shape index (κ3) is 12.3. The van der Waals surface area contributed by atoms with Crippen molar-refractivity contribution >= 4 is 5.97 Å². The molecule has 1 atom stereocenters. The molecule has 2 nitrogen and oxygen atoms in total. The number of unbranched alkanes of at least 4 members (excludes halogenated alkanes) is 6. The van der Waals surface area contributed by atoms with Crippen molar-refractivity contribution in [3.8, 4) is 0 Å². The molecule has 0 fully saturated rings. The van der Waals surface area contributed by atoms with Gasteiger partial charge in [0.15, 0.2) is 0 Å². The summed E-state index contributed by atoms with van der Waals surface area (Å²) in [5.74, 6) is 0.545. The van der Waals surface area contributed by atoms with Crippen LogP contribution in [0.5, 0.6) is 0 Å². The zero-order valence-electron chi connectivity index (χ0n) is 13.7. The van der Waals surface area contributed by atoms with Crippen molar-refractivity contribution in [1.29, 1.82) is 0 Å². The van der Waals surface area contributed by atoms with Crippen molar-refractivity contribution in [3.63, 3.8) is 0 Å². The lowest BCUT2D eigenvalue weighted by Gasteiger charge is -2.14. The zero-order valence-corrected chi connectivity index (χ0v) is 13.7. The van der Waals surface area contributed by atoms with E-state index in [1.807, 2.05) is 6.08 Å². The van der Waals surface area contributed by atoms with Crippen molar-refractivity contribution in [1.82, 2.24) is 0 Å². The molecule has 0 aliphatic heterocycles. The SMILES string of the molecule is C=CCCCCCCCC(=O)OCC(CC)CCCC. The van der Waals surface area contributed by atoms with Gasteiger partial charge < -0.3 is 4.74 Å². The molecule has 0 spiro atoms. The van der Waals surface area contributed by atoms with Crippen molar-refractivity contribution in [2.45, 2.75) is 84.5 Å². The van der Waals surface area contributed by atoms with E-state index in [9.17, 15) is 4.79 Å². The molecule has 20 heavy (non-hydrogen) atoms. The molecule has 0 bridgehead atoms. The minimum atomic E-state index is -0.00830. The van der Waals surface area contributed by atoms with Gasteiger partial charge in [0, 0.05) is 6.42 Å². The van der Waals surface area contributed by atoms with Crippen LogP contribution in [0.25, 0.3) is 0 Å². The highest BCUT2D eigenvalue weighted by Crippen LogP contribution is 2.14. The van der Waals surface area contributed by atoms with Gasteiger partial charge in [0.2, 0.25) is 0 Å². The van der Waals surface area contributed by atoms with Crippen LogP contribution < -0.4 is 0 Å². The fourth-order valence-electron chi connectivity index (χ4n) is 2.27. The monoisotopic (exact) mass is 282 g/mol. The molecule has 1 unspecified atom stereocenters. The van der Waals surface area contributed by atoms with Crippen LogP contribution in [0.1, 0.15) is 84.5 Å². The quantitative estimate of drug-likeness (QED) is 0.233. The van der Waals surface area contributed by atoms with Crippen LogP contribution in [-0.4, -0.2) is 12.6 Å². The number of hydrogen-bond donors (Lipinski definition) is 0. The lowest BCUT2D eigenvalue weighted by Crippen LogP contribution is -2.13. The Kier molecular flexibility index (Phi) is 14.0. The average molecular weight is 282 g/mol. The molecule has 0 heterocycles. The second kappa shape index (κ2) is 14.6. The van der Waals surface area contributed by atoms with Crippen molar-refractivity contribution in [3.05, 3.63) is 12.7 Å². The Morgan fingerprint density at radius 2 is 1.80 bits per heavy atom. The second-order valence-electron chi connectivity index (χ2n) is 5.69. The minimum Gasteiger partial charge on any atom is -0.465 e. The lowest BCUT2D eigenvalue weighted by molar-refractivity contribution is -0.145. The minimum absolute atomic E-state index is 0.00830. The van der Waals surface area contributed by atoms with Gasteiger partial charge in [-0.3, -0.25) is 4.79 Å². The van der Waals surface area contributed by atoms with Gasteiger partial charge in [0.25, 0.3) is 0 Å². The first kappa shape index (κ1) is 19.2. The molecular formula is C18H34O2. The molecule has 0 saturated carbocycles. The Balaban J connectivity index is 3.45. The Morgan fingerprint density at radius 3 is 2.45 bits per heavy atom. The highest BCUT2D eigenvalue weighted by Gasteiger charge is 2.09. The molecule has 0 aliphatic carbocycles. The smallest absolute Gasteiger partial charge is 0.305 e. The summed E-state index contributed by atoms with van der Waals surface area (Å²) in [5.41, 5.74) is 0. The first-order chi connectivity index (χ1) is 9.74. The predicted octanol–water partition coefficient (Wildman–Crippen LogP) is 5.66. The molecule has 0 aromatic heterocycles. The van der Waals surface area contributed by atoms with Gasteiger partial charge in [-0.1, -0.05) is 58.4 Å². The third-order valence-corrected chi connectivity index (χ3v) is 3.81. The van der Waals surface area contributed by atoms with E-state index < -0.39 is 0 Å². The maximum absolute atomic E-state index is 11.6. The van der Waals surface area contributed by atoms with E-state index in [4.69, 9.17) is 4.74 Å². The number of hydrogen-bond acceptors (Lipinski definition) is 2. The molecule has 118 valence electrons. The summed E-state index contributed by atoms with van der Waals surface area (Å²) in [7, 11) is 0. The van der Waals surface area contributed by atoms with E-state index in [-0.39, 0.29) is 5.97 Å². The van der Waals surface area contributed by atoms with Crippen molar-refractivity contribution in [2.75, 3.05) is 6.61 Å². The topological polar surface area (TPSA) is 26.3 Å². The number of carbonyl (C=O) groups excluding carboxylic acids is 1. The van der Waals surface area contributed by atoms with Gasteiger partial charge in [-0.2, -0.15) is 0 Å². The van der Waals surface area contributed by atoms with Gasteiger partial charge in [-0.05, 0) is 31.6 Å². The standard InChI is InChI=1S/C18H34O2/c1-4-7-9-10-11-12-13-15-18(19)20-16-17(6-3)14-8-5-2/h4,17H,1,5-16H2,2-3H3. The van der Waals surface area contributed by atoms with E-state index in [0.717, 1.165) is 25.7 Å². The Hall–Kier alpha value is -0.790. The number of carbonyl (C=O) groups is 1. The summed E-state index contributed by atoms with van der Waals surface area (Å²) in [4.78, 5) is 11.6. The molecule has 0 aliphatic rings. The summed E-state index contributed by atoms with van der Waals surface area (Å²) < 4.78 is 5.39. The van der Waals surface area contributed by atoms with Gasteiger partial charge in [-0.25, -0.2) is 0 Å². The van der Waals surface area contributed by atoms with Crippen LogP contribution >= 0.6 is 0 Å². The molecule has 0 N–H and O–H groups in total. The van der Waals surface area contributed by atoms with Gasteiger partial charge in [0.1, 0.15) is 0 Å². The molecule has 0 radical (unpaired) electrons. The largest absolute Gasteiger partial charge is 0.465 e. The normalized spacial score (nSPS) is 12.1. The third-order valence-electron chi connectivity index (χ3n) is 3.81. The molecule has 0 aromatic rings. The van der Waals surface area contributed by atoms with E-state index in [1.54, 1.807) is 0 Å². The first-order valence-electron chi connectivity index (χ1n) is 8.51. The van der Waals surface area contributed by atoms with Crippen LogP contribution in [0.15, 0.2) is 12.7 Å². The van der Waals surface area contributed by atoms with E-state index in [0.29, 0.717) is 18.9 Å². The predicted molar refractivity (Wildman–Crippen MR) is 86.8 cm³/mol. The summed E-state index contributed by atoms with van der Waals surface area (Å²) in [5, 5.41) is 0. The Labute approximate surface area is 126 Å². The Morgan fingerprint density at radius 1 is 1.10 bits per heavy atom. The molecular weight excluding hydrogens is 248 g/mol. The van der Waals surface area contributed by atoms with Gasteiger partial charge in [0.05, 0.1) is 6.61 Å². The first-order valence-corrected chi connectivity index (χ1v) is 8.51. The van der Waals surface area contributed by atoms with E-state index >= 15 is 0 Å². The zero-order chi connectivity index (χ0) is 15.1. The average Bonchev–Trinajstić information content (AvgIpc) is 2.46. The van der Waals surface area contributed by atoms with E-state index in [2.05, 4.69) is 20.4 Å². The Bertz CT molecular complexity index is 236. The van der Waals surface area contributed by atoms with Crippen molar-refractivity contribution in [2.24, 2.45) is 5.92 Å². The van der Waals surface area contributed by atoms with Crippen LogP contribution in [0, 0.1) is 5.92 Å².